The van der Waals surface area contributed by atoms with Crippen LogP contribution in [0.4, 0.5) is 5.95 Å². The summed E-state index contributed by atoms with van der Waals surface area (Å²) in [4.78, 5) is 22.0. The third-order valence-electron chi connectivity index (χ3n) is 6.71. The van der Waals surface area contributed by atoms with Gasteiger partial charge in [-0.15, -0.1) is 10.2 Å². The van der Waals surface area contributed by atoms with Gasteiger partial charge in [-0.2, -0.15) is 0 Å². The molecular formula is C25H25ClN6O. The van der Waals surface area contributed by atoms with Gasteiger partial charge in [-0.1, -0.05) is 41.4 Å². The van der Waals surface area contributed by atoms with Crippen LogP contribution < -0.4 is 4.90 Å². The average molecular weight is 461 g/mol. The van der Waals surface area contributed by atoms with Crippen LogP contribution in [0.3, 0.4) is 0 Å². The first-order valence-corrected chi connectivity index (χ1v) is 11.8. The maximum absolute atomic E-state index is 12.7. The molecule has 1 saturated heterocycles. The molecule has 2 aromatic carbocycles. The van der Waals surface area contributed by atoms with Crippen molar-refractivity contribution >= 4 is 40.0 Å². The quantitative estimate of drug-likeness (QED) is 0.454. The summed E-state index contributed by atoms with van der Waals surface area (Å²) >= 11 is 6.30. The van der Waals surface area contributed by atoms with Gasteiger partial charge < -0.3 is 9.80 Å². The van der Waals surface area contributed by atoms with Gasteiger partial charge in [0.15, 0.2) is 11.5 Å². The van der Waals surface area contributed by atoms with Crippen LogP contribution in [0.5, 0.6) is 0 Å². The Labute approximate surface area is 197 Å². The molecular weight excluding hydrogens is 436 g/mol. The Bertz CT molecular complexity index is 1380. The molecule has 2 fully saturated rings. The Kier molecular flexibility index (Phi) is 4.76. The molecule has 3 heterocycles. The smallest absolute Gasteiger partial charge is 0.226 e. The highest BCUT2D eigenvalue weighted by molar-refractivity contribution is 6.31. The Morgan fingerprint density at radius 1 is 1.06 bits per heavy atom. The molecule has 1 aliphatic heterocycles. The molecule has 8 heteroatoms. The van der Waals surface area contributed by atoms with Crippen LogP contribution in [0.2, 0.25) is 5.02 Å². The van der Waals surface area contributed by atoms with E-state index >= 15 is 0 Å². The number of carbonyl (C=O) groups excluding carboxylic acids is 1. The molecule has 168 valence electrons. The molecule has 7 nitrogen and oxygen atoms in total. The van der Waals surface area contributed by atoms with E-state index in [2.05, 4.69) is 53.2 Å². The fourth-order valence-corrected chi connectivity index (χ4v) is 4.89. The van der Waals surface area contributed by atoms with Crippen LogP contribution in [0, 0.1) is 12.8 Å². The van der Waals surface area contributed by atoms with Crippen molar-refractivity contribution in [1.29, 1.82) is 0 Å². The van der Waals surface area contributed by atoms with Crippen LogP contribution in [0.15, 0.2) is 42.5 Å². The predicted octanol–water partition coefficient (Wildman–Crippen LogP) is 4.35. The fraction of sp³-hybridized carbons (Fsp3) is 0.360. The second-order valence-corrected chi connectivity index (χ2v) is 9.66. The van der Waals surface area contributed by atoms with Crippen LogP contribution >= 0.6 is 11.6 Å². The first kappa shape index (κ1) is 20.4. The van der Waals surface area contributed by atoms with Crippen molar-refractivity contribution in [3.05, 3.63) is 53.1 Å². The van der Waals surface area contributed by atoms with E-state index < -0.39 is 0 Å². The Hall–Kier alpha value is -3.19. The number of anilines is 1. The number of hydrogen-bond acceptors (Lipinski definition) is 5. The first-order valence-electron chi connectivity index (χ1n) is 11.5. The maximum Gasteiger partial charge on any atom is 0.226 e. The molecule has 0 N–H and O–H groups in total. The number of fused-ring (bicyclic) bond motifs is 3. The summed E-state index contributed by atoms with van der Waals surface area (Å²) in [5.41, 5.74) is 3.72. The number of rotatable bonds is 3. The van der Waals surface area contributed by atoms with Gasteiger partial charge in [0.05, 0.1) is 5.52 Å². The second kappa shape index (κ2) is 7.70. The fourth-order valence-electron chi connectivity index (χ4n) is 4.73. The maximum atomic E-state index is 12.7. The number of piperazine rings is 1. The highest BCUT2D eigenvalue weighted by Gasteiger charge is 2.38. The minimum Gasteiger partial charge on any atom is -0.338 e. The van der Waals surface area contributed by atoms with E-state index in [1.807, 2.05) is 27.5 Å². The van der Waals surface area contributed by atoms with Crippen molar-refractivity contribution in [1.82, 2.24) is 24.5 Å². The normalized spacial score (nSPS) is 18.9. The van der Waals surface area contributed by atoms with Gasteiger partial charge in [-0.25, -0.2) is 9.38 Å². The average Bonchev–Trinajstić information content (AvgIpc) is 3.57. The lowest BCUT2D eigenvalue weighted by molar-refractivity contribution is -0.134. The molecule has 0 spiro atoms. The van der Waals surface area contributed by atoms with Crippen LogP contribution in [-0.2, 0) is 4.79 Å². The number of hydrogen-bond donors (Lipinski definition) is 0. The van der Waals surface area contributed by atoms with Crippen molar-refractivity contribution in [2.45, 2.75) is 32.7 Å². The zero-order valence-electron chi connectivity index (χ0n) is 18.7. The van der Waals surface area contributed by atoms with Crippen LogP contribution in [0.1, 0.15) is 25.3 Å². The van der Waals surface area contributed by atoms with Crippen LogP contribution in [-0.4, -0.2) is 56.1 Å². The number of nitrogens with zero attached hydrogens (tertiary/aromatic N) is 6. The minimum atomic E-state index is 0.109. The standard InChI is InChI=1S/C25H25ClN6O/c1-15-3-5-17(6-4-15)22-28-29-23-20-10-9-19(26)13-21(20)27-25(32(22)23)30-11-12-31(16(2)14-30)24(33)18-7-8-18/h3-6,9-10,13,16,18H,7-8,11-12,14H2,1-2H3/t16-/m0/s1. The lowest BCUT2D eigenvalue weighted by Gasteiger charge is -2.40. The summed E-state index contributed by atoms with van der Waals surface area (Å²) in [6.07, 6.45) is 2.06. The zero-order chi connectivity index (χ0) is 22.7. The number of aromatic nitrogens is 4. The van der Waals surface area contributed by atoms with Gasteiger partial charge in [0.1, 0.15) is 0 Å². The molecule has 1 aliphatic carbocycles. The lowest BCUT2D eigenvalue weighted by Crippen LogP contribution is -2.55. The Morgan fingerprint density at radius 3 is 2.58 bits per heavy atom. The van der Waals surface area contributed by atoms with Crippen molar-refractivity contribution in [3.8, 4) is 11.4 Å². The summed E-state index contributed by atoms with van der Waals surface area (Å²) in [6.45, 7) is 6.30. The van der Waals surface area contributed by atoms with E-state index in [1.54, 1.807) is 0 Å². The van der Waals surface area contributed by atoms with Crippen molar-refractivity contribution in [3.63, 3.8) is 0 Å². The molecule has 2 aromatic heterocycles. The molecule has 4 aromatic rings. The number of halogens is 1. The van der Waals surface area contributed by atoms with Gasteiger partial charge in [0.25, 0.3) is 0 Å². The molecule has 0 unspecified atom stereocenters. The number of carbonyl (C=O) groups is 1. The Balaban J connectivity index is 1.48. The van der Waals surface area contributed by atoms with Gasteiger partial charge >= 0.3 is 0 Å². The summed E-state index contributed by atoms with van der Waals surface area (Å²) < 4.78 is 2.05. The van der Waals surface area contributed by atoms with E-state index in [0.29, 0.717) is 30.6 Å². The number of benzene rings is 2. The molecule has 1 saturated carbocycles. The van der Waals surface area contributed by atoms with E-state index in [4.69, 9.17) is 16.6 Å². The summed E-state index contributed by atoms with van der Waals surface area (Å²) in [6, 6.07) is 14.1. The van der Waals surface area contributed by atoms with Gasteiger partial charge in [-0.05, 0) is 44.9 Å². The van der Waals surface area contributed by atoms with Crippen molar-refractivity contribution in [2.24, 2.45) is 5.92 Å². The van der Waals surface area contributed by atoms with E-state index in [1.165, 1.54) is 5.56 Å². The SMILES string of the molecule is Cc1ccc(-c2nnc3c4ccc(Cl)cc4nc(N4CCN(C(=O)C5CC5)[C@@H](C)C4)n23)cc1. The van der Waals surface area contributed by atoms with Crippen molar-refractivity contribution in [2.75, 3.05) is 24.5 Å². The monoisotopic (exact) mass is 460 g/mol. The first-order chi connectivity index (χ1) is 16.0. The predicted molar refractivity (Wildman–Crippen MR) is 130 cm³/mol. The summed E-state index contributed by atoms with van der Waals surface area (Å²) in [5.74, 6) is 2.08. The second-order valence-electron chi connectivity index (χ2n) is 9.22. The van der Waals surface area contributed by atoms with Gasteiger partial charge in [-0.3, -0.25) is 4.79 Å². The number of aryl methyl sites for hydroxylation is 1. The molecule has 6 rings (SSSR count). The van der Waals surface area contributed by atoms with Gasteiger partial charge in [0.2, 0.25) is 11.9 Å². The highest BCUT2D eigenvalue weighted by Crippen LogP contribution is 2.34. The molecule has 33 heavy (non-hydrogen) atoms. The summed E-state index contributed by atoms with van der Waals surface area (Å²) in [7, 11) is 0. The topological polar surface area (TPSA) is 66.6 Å². The number of amides is 1. The summed E-state index contributed by atoms with van der Waals surface area (Å²) in [5, 5.41) is 10.7. The molecule has 2 aliphatic rings. The minimum absolute atomic E-state index is 0.109. The lowest BCUT2D eigenvalue weighted by atomic mass is 10.1. The van der Waals surface area contributed by atoms with Gasteiger partial charge in [0, 0.05) is 47.6 Å². The molecule has 1 atom stereocenters. The highest BCUT2D eigenvalue weighted by atomic mass is 35.5. The van der Waals surface area contributed by atoms with Crippen molar-refractivity contribution < 1.29 is 4.79 Å². The third kappa shape index (κ3) is 3.51. The largest absolute Gasteiger partial charge is 0.338 e. The van der Waals surface area contributed by atoms with Crippen LogP contribution in [0.25, 0.3) is 27.9 Å². The van der Waals surface area contributed by atoms with E-state index in [-0.39, 0.29) is 12.0 Å². The zero-order valence-corrected chi connectivity index (χ0v) is 19.5. The molecule has 0 radical (unpaired) electrons. The van der Waals surface area contributed by atoms with E-state index in [9.17, 15) is 4.79 Å². The molecule has 1 amide bonds. The molecule has 0 bridgehead atoms. The van der Waals surface area contributed by atoms with E-state index in [0.717, 1.165) is 46.7 Å². The third-order valence-corrected chi connectivity index (χ3v) is 6.95. The Morgan fingerprint density at radius 2 is 1.85 bits per heavy atom.